The van der Waals surface area contributed by atoms with Crippen molar-refractivity contribution in [1.82, 2.24) is 0 Å². The molecule has 0 heterocycles. The zero-order valence-electron chi connectivity index (χ0n) is 4.14. The summed E-state index contributed by atoms with van der Waals surface area (Å²) >= 11 is 0. The van der Waals surface area contributed by atoms with Crippen LogP contribution in [0.1, 0.15) is 6.92 Å². The molecule has 0 saturated heterocycles. The number of halogens is 3. The fourth-order valence-electron chi connectivity index (χ4n) is 0. The summed E-state index contributed by atoms with van der Waals surface area (Å²) < 4.78 is 0. The van der Waals surface area contributed by atoms with Crippen molar-refractivity contribution in [3.63, 3.8) is 0 Å². The van der Waals surface area contributed by atoms with Gasteiger partial charge in [0.1, 0.15) is 0 Å². The number of hydrogen-bond donors (Lipinski definition) is 0. The second kappa shape index (κ2) is 123. The average Bonchev–Trinajstić information content (AvgIpc) is 0.918. The normalized spacial score (nSPS) is 1.86. The van der Waals surface area contributed by atoms with Crippen molar-refractivity contribution < 1.29 is 33.6 Å². The van der Waals surface area contributed by atoms with Crippen molar-refractivity contribution in [3.05, 3.63) is 12.7 Å². The molecule has 0 radical (unpaired) electrons. The van der Waals surface area contributed by atoms with Gasteiger partial charge in [-0.2, -0.15) is 6.92 Å². The Labute approximate surface area is 53.8 Å². The van der Waals surface area contributed by atoms with Crippen LogP contribution in [0.25, 0.3) is 0 Å². The van der Waals surface area contributed by atoms with E-state index in [0.29, 0.717) is 0 Å². The molecule has 0 nitrogen and oxygen atoms in total. The molecule has 44 valence electrons. The molecule has 0 aromatic heterocycles. The van der Waals surface area contributed by atoms with Crippen LogP contribution < -0.4 is 0 Å². The van der Waals surface area contributed by atoms with Crippen molar-refractivity contribution in [2.24, 2.45) is 0 Å². The van der Waals surface area contributed by atoms with Crippen LogP contribution in [0.15, 0.2) is 6.58 Å². The van der Waals surface area contributed by atoms with Crippen molar-refractivity contribution in [1.29, 1.82) is 0 Å². The second-order valence-electron chi connectivity index (χ2n) is 0.354. The van der Waals surface area contributed by atoms with Gasteiger partial charge >= 0.3 is 0 Å². The van der Waals surface area contributed by atoms with Crippen molar-refractivity contribution in [2.45, 2.75) is 6.92 Å². The fraction of sp³-hybridized carbons (Fsp3) is 0.333. The molecule has 4 heteroatoms. The van der Waals surface area contributed by atoms with Gasteiger partial charge in [-0.3, -0.25) is 20.7 Å². The molecule has 0 aliphatic rings. The Bertz CT molecular complexity index is 17.7. The van der Waals surface area contributed by atoms with E-state index in [4.69, 9.17) is 0 Å². The Morgan fingerprint density at radius 1 is 1.14 bits per heavy atom. The van der Waals surface area contributed by atoms with Crippen LogP contribution in [0, 0.1) is 6.08 Å². The second-order valence-corrected chi connectivity index (χ2v) is 0.354. The number of rotatable bonds is 0. The first-order valence-electron chi connectivity index (χ1n) is 0.854. The standard InChI is InChI=1S/C3H5.3FH.Zn/c1-3-2;;;;/h1H2,2H3;3*1H;/q-1;;;;. The van der Waals surface area contributed by atoms with E-state index in [0.717, 1.165) is 0 Å². The third-order valence-corrected chi connectivity index (χ3v) is 0. The van der Waals surface area contributed by atoms with Gasteiger partial charge in [-0.15, -0.1) is 0 Å². The minimum Gasteiger partial charge on any atom is -0.507 e. The molecule has 0 aliphatic heterocycles. The number of hydrogen-bond acceptors (Lipinski definition) is 0. The minimum atomic E-state index is 0. The van der Waals surface area contributed by atoms with Crippen LogP contribution in [-0.2, 0) is 19.5 Å². The summed E-state index contributed by atoms with van der Waals surface area (Å²) in [6.07, 6.45) is 2.50. The Morgan fingerprint density at radius 2 is 1.14 bits per heavy atom. The SMILES string of the molecule is C=[C-]C.F.F.F.[Zn]. The molecule has 0 N–H and O–H groups in total. The zero-order chi connectivity index (χ0) is 2.71. The first-order valence-corrected chi connectivity index (χ1v) is 0.854. The van der Waals surface area contributed by atoms with Crippen molar-refractivity contribution in [2.75, 3.05) is 0 Å². The fourth-order valence-corrected chi connectivity index (χ4v) is 0. The molecule has 7 heavy (non-hydrogen) atoms. The van der Waals surface area contributed by atoms with E-state index in [9.17, 15) is 0 Å². The molecule has 0 amide bonds. The maximum Gasteiger partial charge on any atom is 0 e. The topological polar surface area (TPSA) is 0 Å². The Balaban J connectivity index is -0.00000000333. The van der Waals surface area contributed by atoms with Crippen LogP contribution in [0.4, 0.5) is 14.1 Å². The summed E-state index contributed by atoms with van der Waals surface area (Å²) in [5.74, 6) is 0. The summed E-state index contributed by atoms with van der Waals surface area (Å²) in [5.41, 5.74) is 0. The van der Waals surface area contributed by atoms with E-state index < -0.39 is 0 Å². The Kier molecular flexibility index (Phi) is 1030. The molecule has 0 fully saturated rings. The van der Waals surface area contributed by atoms with Crippen LogP contribution in [0.3, 0.4) is 0 Å². The van der Waals surface area contributed by atoms with Gasteiger partial charge in [-0.05, 0) is 0 Å². The summed E-state index contributed by atoms with van der Waals surface area (Å²) in [7, 11) is 0. The van der Waals surface area contributed by atoms with Gasteiger partial charge < -0.3 is 6.08 Å². The monoisotopic (exact) mass is 165 g/mol. The molecule has 0 saturated carbocycles. The van der Waals surface area contributed by atoms with E-state index in [1.807, 2.05) is 0 Å². The minimum absolute atomic E-state index is 0. The van der Waals surface area contributed by atoms with E-state index in [1.54, 1.807) is 6.92 Å². The predicted molar refractivity (Wildman–Crippen MR) is 22.1 cm³/mol. The predicted octanol–water partition coefficient (Wildman–Crippen LogP) is 1.45. The van der Waals surface area contributed by atoms with Crippen LogP contribution in [0.5, 0.6) is 0 Å². The van der Waals surface area contributed by atoms with Gasteiger partial charge in [0.05, 0.1) is 0 Å². The van der Waals surface area contributed by atoms with E-state index >= 15 is 0 Å². The largest absolute Gasteiger partial charge is 0.507 e. The van der Waals surface area contributed by atoms with E-state index in [-0.39, 0.29) is 33.6 Å². The van der Waals surface area contributed by atoms with Crippen molar-refractivity contribution >= 4 is 0 Å². The Morgan fingerprint density at radius 3 is 1.14 bits per heavy atom. The molecule has 0 spiro atoms. The van der Waals surface area contributed by atoms with Crippen molar-refractivity contribution in [3.8, 4) is 0 Å². The molecule has 0 aromatic carbocycles. The molecule has 0 aliphatic carbocycles. The van der Waals surface area contributed by atoms with Gasteiger partial charge in [-0.1, -0.05) is 0 Å². The van der Waals surface area contributed by atoms with Gasteiger partial charge in [-0.25, -0.2) is 0 Å². The number of allylic oxidation sites excluding steroid dienone is 1. The van der Waals surface area contributed by atoms with Gasteiger partial charge in [0.2, 0.25) is 0 Å². The quantitative estimate of drug-likeness (QED) is 0.377. The molecule has 0 bridgehead atoms. The van der Waals surface area contributed by atoms with Gasteiger partial charge in [0.25, 0.3) is 0 Å². The zero-order valence-corrected chi connectivity index (χ0v) is 7.11. The smallest absolute Gasteiger partial charge is 0 e. The average molecular weight is 166 g/mol. The molecule has 0 aromatic rings. The summed E-state index contributed by atoms with van der Waals surface area (Å²) in [6.45, 7) is 5.00. The Hall–Kier alpha value is 0.153. The molecule has 0 unspecified atom stereocenters. The molecule has 0 atom stereocenters. The van der Waals surface area contributed by atoms with E-state index in [1.165, 1.54) is 0 Å². The third-order valence-electron chi connectivity index (χ3n) is 0. The maximum absolute atomic E-state index is 3.24. The first-order chi connectivity index (χ1) is 1.41. The molecular weight excluding hydrogens is 158 g/mol. The van der Waals surface area contributed by atoms with Gasteiger partial charge in [0.15, 0.2) is 0 Å². The van der Waals surface area contributed by atoms with E-state index in [2.05, 4.69) is 12.7 Å². The summed E-state index contributed by atoms with van der Waals surface area (Å²) in [5, 5.41) is 0. The molecular formula is C3H8F3Zn-. The maximum atomic E-state index is 3.24. The first kappa shape index (κ1) is 58.4. The summed E-state index contributed by atoms with van der Waals surface area (Å²) in [4.78, 5) is 0. The van der Waals surface area contributed by atoms with Crippen LogP contribution in [0.2, 0.25) is 0 Å². The summed E-state index contributed by atoms with van der Waals surface area (Å²) in [6, 6.07) is 0. The molecule has 0 rings (SSSR count). The van der Waals surface area contributed by atoms with Crippen LogP contribution >= 0.6 is 0 Å². The van der Waals surface area contributed by atoms with Gasteiger partial charge in [0, 0.05) is 19.5 Å². The third kappa shape index (κ3) is 4510. The van der Waals surface area contributed by atoms with Crippen LogP contribution in [-0.4, -0.2) is 0 Å².